The highest BCUT2D eigenvalue weighted by Gasteiger charge is 2.13. The van der Waals surface area contributed by atoms with E-state index in [4.69, 9.17) is 21.1 Å². The summed E-state index contributed by atoms with van der Waals surface area (Å²) in [6.45, 7) is 2.65. The molecule has 1 amide bonds. The topological polar surface area (TPSA) is 60.5 Å². The van der Waals surface area contributed by atoms with Crippen LogP contribution in [-0.4, -0.2) is 30.6 Å². The molecule has 1 heterocycles. The molecule has 1 unspecified atom stereocenters. The molecule has 2 aromatic rings. The third-order valence-corrected chi connectivity index (χ3v) is 3.83. The van der Waals surface area contributed by atoms with Crippen molar-refractivity contribution >= 4 is 28.8 Å². The zero-order valence-corrected chi connectivity index (χ0v) is 13.9. The number of carbonyl (C=O) groups is 1. The number of hydrogen-bond donors (Lipinski definition) is 1. The molecule has 0 aliphatic heterocycles. The summed E-state index contributed by atoms with van der Waals surface area (Å²) in [5, 5.41) is 5.93. The Bertz CT molecular complexity index is 616. The van der Waals surface area contributed by atoms with E-state index in [0.717, 1.165) is 5.01 Å². The Hall–Kier alpha value is -1.63. The van der Waals surface area contributed by atoms with Gasteiger partial charge in [0.1, 0.15) is 23.1 Å². The summed E-state index contributed by atoms with van der Waals surface area (Å²) in [5.41, 5.74) is 0.391. The van der Waals surface area contributed by atoms with Gasteiger partial charge in [-0.25, -0.2) is 4.98 Å². The van der Waals surface area contributed by atoms with Crippen molar-refractivity contribution in [1.82, 2.24) is 10.3 Å². The molecule has 0 fully saturated rings. The third-order valence-electron chi connectivity index (χ3n) is 2.75. The molecule has 7 heteroatoms. The maximum Gasteiger partial charge on any atom is 0.271 e. The van der Waals surface area contributed by atoms with E-state index in [1.807, 2.05) is 6.92 Å². The van der Waals surface area contributed by atoms with E-state index in [-0.39, 0.29) is 11.9 Å². The van der Waals surface area contributed by atoms with Crippen LogP contribution in [0.25, 0.3) is 0 Å². The van der Waals surface area contributed by atoms with Crippen LogP contribution in [0.1, 0.15) is 22.4 Å². The highest BCUT2D eigenvalue weighted by molar-refractivity contribution is 7.09. The van der Waals surface area contributed by atoms with Gasteiger partial charge in [-0.1, -0.05) is 11.6 Å². The summed E-state index contributed by atoms with van der Waals surface area (Å²) >= 11 is 7.20. The van der Waals surface area contributed by atoms with Crippen LogP contribution in [0.4, 0.5) is 0 Å². The van der Waals surface area contributed by atoms with Crippen LogP contribution < -0.4 is 10.1 Å². The minimum absolute atomic E-state index is 0.0621. The largest absolute Gasteiger partial charge is 0.486 e. The lowest BCUT2D eigenvalue weighted by molar-refractivity contribution is 0.0901. The fraction of sp³-hybridized carbons (Fsp3) is 0.333. The number of nitrogens with zero attached hydrogens (tertiary/aromatic N) is 1. The summed E-state index contributed by atoms with van der Waals surface area (Å²) in [5.74, 6) is 0.498. The van der Waals surface area contributed by atoms with Crippen molar-refractivity contribution in [1.29, 1.82) is 0 Å². The number of methoxy groups -OCH3 is 1. The van der Waals surface area contributed by atoms with Gasteiger partial charge in [0.15, 0.2) is 0 Å². The van der Waals surface area contributed by atoms with E-state index < -0.39 is 0 Å². The first-order chi connectivity index (χ1) is 10.6. The van der Waals surface area contributed by atoms with Crippen LogP contribution in [0.2, 0.25) is 5.02 Å². The van der Waals surface area contributed by atoms with Gasteiger partial charge in [0.05, 0.1) is 6.61 Å². The monoisotopic (exact) mass is 340 g/mol. The number of hydrogen-bond acceptors (Lipinski definition) is 5. The molecule has 1 N–H and O–H groups in total. The van der Waals surface area contributed by atoms with Gasteiger partial charge in [-0.15, -0.1) is 11.3 Å². The van der Waals surface area contributed by atoms with Crippen molar-refractivity contribution in [3.8, 4) is 5.75 Å². The molecule has 22 heavy (non-hydrogen) atoms. The SMILES string of the molecule is COCC(C)NC(=O)c1csc(COc2ccc(Cl)cc2)n1. The molecule has 1 atom stereocenters. The maximum atomic E-state index is 12.0. The van der Waals surface area contributed by atoms with Crippen molar-refractivity contribution < 1.29 is 14.3 Å². The second-order valence-corrected chi connectivity index (χ2v) is 6.08. The van der Waals surface area contributed by atoms with Gasteiger partial charge < -0.3 is 14.8 Å². The summed E-state index contributed by atoms with van der Waals surface area (Å²) in [4.78, 5) is 16.2. The molecule has 0 saturated heterocycles. The number of aromatic nitrogens is 1. The number of benzene rings is 1. The van der Waals surface area contributed by atoms with Gasteiger partial charge >= 0.3 is 0 Å². The fourth-order valence-corrected chi connectivity index (χ4v) is 2.56. The lowest BCUT2D eigenvalue weighted by atomic mass is 10.3. The fourth-order valence-electron chi connectivity index (χ4n) is 1.75. The molecule has 1 aromatic carbocycles. The van der Waals surface area contributed by atoms with Crippen molar-refractivity contribution in [2.45, 2.75) is 19.6 Å². The molecule has 5 nitrogen and oxygen atoms in total. The standard InChI is InChI=1S/C15H17ClN2O3S/c1-10(7-20-2)17-15(19)13-9-22-14(18-13)8-21-12-5-3-11(16)4-6-12/h3-6,9-10H,7-8H2,1-2H3,(H,17,19). The summed E-state index contributed by atoms with van der Waals surface area (Å²) in [6.07, 6.45) is 0. The van der Waals surface area contributed by atoms with Gasteiger partial charge in [-0.2, -0.15) is 0 Å². The van der Waals surface area contributed by atoms with Gasteiger partial charge in [-0.3, -0.25) is 4.79 Å². The Morgan fingerprint density at radius 3 is 2.82 bits per heavy atom. The zero-order valence-electron chi connectivity index (χ0n) is 12.3. The minimum Gasteiger partial charge on any atom is -0.486 e. The zero-order chi connectivity index (χ0) is 15.9. The van der Waals surface area contributed by atoms with E-state index in [1.165, 1.54) is 11.3 Å². The predicted octanol–water partition coefficient (Wildman–Crippen LogP) is 3.14. The predicted molar refractivity (Wildman–Crippen MR) is 86.7 cm³/mol. The first kappa shape index (κ1) is 16.7. The molecule has 2 rings (SSSR count). The number of ether oxygens (including phenoxy) is 2. The lowest BCUT2D eigenvalue weighted by Crippen LogP contribution is -2.35. The molecule has 0 spiro atoms. The number of nitrogens with one attached hydrogen (secondary N) is 1. The lowest BCUT2D eigenvalue weighted by Gasteiger charge is -2.11. The summed E-state index contributed by atoms with van der Waals surface area (Å²) in [7, 11) is 1.59. The van der Waals surface area contributed by atoms with Gasteiger partial charge in [0, 0.05) is 23.6 Å². The van der Waals surface area contributed by atoms with E-state index in [9.17, 15) is 4.79 Å². The second-order valence-electron chi connectivity index (χ2n) is 4.70. The van der Waals surface area contributed by atoms with Gasteiger partial charge in [0.2, 0.25) is 0 Å². The Morgan fingerprint density at radius 1 is 1.41 bits per heavy atom. The second kappa shape index (κ2) is 8.12. The first-order valence-corrected chi connectivity index (χ1v) is 7.97. The number of carbonyl (C=O) groups excluding carboxylic acids is 1. The number of rotatable bonds is 7. The van der Waals surface area contributed by atoms with Crippen LogP contribution in [0.3, 0.4) is 0 Å². The van der Waals surface area contributed by atoms with E-state index in [0.29, 0.717) is 29.7 Å². The molecule has 0 saturated carbocycles. The first-order valence-electron chi connectivity index (χ1n) is 6.71. The molecular formula is C15H17ClN2O3S. The number of thiazole rings is 1. The maximum absolute atomic E-state index is 12.0. The van der Waals surface area contributed by atoms with Crippen LogP contribution >= 0.6 is 22.9 Å². The minimum atomic E-state index is -0.210. The summed E-state index contributed by atoms with van der Waals surface area (Å²) in [6, 6.07) is 7.03. The van der Waals surface area contributed by atoms with E-state index in [1.54, 1.807) is 36.8 Å². The average molecular weight is 341 g/mol. The number of amides is 1. The average Bonchev–Trinajstić information content (AvgIpc) is 2.96. The molecule has 0 radical (unpaired) electrons. The van der Waals surface area contributed by atoms with Crippen LogP contribution in [0.15, 0.2) is 29.6 Å². The van der Waals surface area contributed by atoms with Crippen LogP contribution in [0, 0.1) is 0 Å². The van der Waals surface area contributed by atoms with Crippen molar-refractivity contribution in [2.75, 3.05) is 13.7 Å². The highest BCUT2D eigenvalue weighted by Crippen LogP contribution is 2.18. The van der Waals surface area contributed by atoms with E-state index >= 15 is 0 Å². The normalized spacial score (nSPS) is 12.0. The molecule has 0 bridgehead atoms. The highest BCUT2D eigenvalue weighted by atomic mass is 35.5. The molecule has 1 aromatic heterocycles. The molecule has 0 aliphatic carbocycles. The Labute approximate surface area is 138 Å². The molecular weight excluding hydrogens is 324 g/mol. The van der Waals surface area contributed by atoms with E-state index in [2.05, 4.69) is 10.3 Å². The molecule has 0 aliphatic rings. The Kier molecular flexibility index (Phi) is 6.18. The van der Waals surface area contributed by atoms with Crippen LogP contribution in [0.5, 0.6) is 5.75 Å². The Balaban J connectivity index is 1.88. The number of halogens is 1. The third kappa shape index (κ3) is 4.98. The van der Waals surface area contributed by atoms with Crippen molar-refractivity contribution in [2.24, 2.45) is 0 Å². The van der Waals surface area contributed by atoms with Crippen LogP contribution in [-0.2, 0) is 11.3 Å². The van der Waals surface area contributed by atoms with Gasteiger partial charge in [-0.05, 0) is 31.2 Å². The molecule has 118 valence electrons. The van der Waals surface area contributed by atoms with Crippen molar-refractivity contribution in [3.05, 3.63) is 45.4 Å². The Morgan fingerprint density at radius 2 is 2.14 bits per heavy atom. The van der Waals surface area contributed by atoms with Crippen molar-refractivity contribution in [3.63, 3.8) is 0 Å². The summed E-state index contributed by atoms with van der Waals surface area (Å²) < 4.78 is 10.6. The smallest absolute Gasteiger partial charge is 0.271 e. The quantitative estimate of drug-likeness (QED) is 0.841. The van der Waals surface area contributed by atoms with Gasteiger partial charge in [0.25, 0.3) is 5.91 Å².